The fourth-order valence-corrected chi connectivity index (χ4v) is 3.43. The molecule has 3 unspecified atom stereocenters. The lowest BCUT2D eigenvalue weighted by Gasteiger charge is -2.26. The van der Waals surface area contributed by atoms with E-state index in [1.165, 1.54) is 0 Å². The molecule has 11 nitrogen and oxygen atoms in total. The van der Waals surface area contributed by atoms with E-state index in [2.05, 4.69) is 16.0 Å². The highest BCUT2D eigenvalue weighted by Crippen LogP contribution is 2.10. The van der Waals surface area contributed by atoms with E-state index in [1.54, 1.807) is 13.8 Å². The fraction of sp³-hybridized carbons (Fsp3) is 0.542. The Morgan fingerprint density at radius 2 is 1.74 bits per heavy atom. The Balaban J connectivity index is 2.02. The number of rotatable bonds is 10. The van der Waals surface area contributed by atoms with Crippen LogP contribution in [-0.4, -0.2) is 54.3 Å². The second-order valence-corrected chi connectivity index (χ2v) is 9.11. The first-order chi connectivity index (χ1) is 16.6. The zero-order valence-electron chi connectivity index (χ0n) is 20.5. The monoisotopic (exact) mass is 490 g/mol. The number of benzene rings is 1. The van der Waals surface area contributed by atoms with Gasteiger partial charge in [-0.15, -0.1) is 0 Å². The van der Waals surface area contributed by atoms with Crippen molar-refractivity contribution in [3.05, 3.63) is 35.9 Å². The first-order valence-corrected chi connectivity index (χ1v) is 11.6. The first kappa shape index (κ1) is 27.8. The standard InChI is InChI=1S/C24H34N4O7/c1-14(2)12-18(21(30)25-17-10-11-35-28-23(32)20(17)29)26-22(31)19(15(3)4)27-24(33)34-13-16-8-6-5-7-9-16/h5-9,14-15,17-19H,10-13H2,1-4H3,(H,25,30)(H,26,31)(H,27,33)(H,28,32). The van der Waals surface area contributed by atoms with Crippen molar-refractivity contribution < 1.29 is 33.5 Å². The number of hydrogen-bond donors (Lipinski definition) is 4. The highest BCUT2D eigenvalue weighted by molar-refractivity contribution is 6.38. The molecule has 1 aromatic carbocycles. The van der Waals surface area contributed by atoms with E-state index < -0.39 is 47.7 Å². The summed E-state index contributed by atoms with van der Waals surface area (Å²) in [5, 5.41) is 7.77. The van der Waals surface area contributed by atoms with Crippen LogP contribution in [0.15, 0.2) is 30.3 Å². The van der Waals surface area contributed by atoms with Crippen molar-refractivity contribution in [2.45, 2.75) is 65.3 Å². The molecule has 1 aromatic rings. The number of ketones is 1. The Bertz CT molecular complexity index is 904. The minimum absolute atomic E-state index is 0.0313. The molecule has 192 valence electrons. The van der Waals surface area contributed by atoms with Crippen molar-refractivity contribution in [2.24, 2.45) is 11.8 Å². The Kier molecular flexibility index (Phi) is 10.7. The number of hydroxylamine groups is 1. The number of hydrogen-bond acceptors (Lipinski definition) is 7. The van der Waals surface area contributed by atoms with Gasteiger partial charge in [0.05, 0.1) is 12.6 Å². The third-order valence-electron chi connectivity index (χ3n) is 5.31. The number of alkyl carbamates (subject to hydrolysis) is 1. The number of carbonyl (C=O) groups excluding carboxylic acids is 5. The molecule has 0 aliphatic carbocycles. The maximum Gasteiger partial charge on any atom is 0.408 e. The summed E-state index contributed by atoms with van der Waals surface area (Å²) >= 11 is 0. The predicted molar refractivity (Wildman–Crippen MR) is 125 cm³/mol. The number of amides is 4. The van der Waals surface area contributed by atoms with Gasteiger partial charge in [0.15, 0.2) is 0 Å². The second-order valence-electron chi connectivity index (χ2n) is 9.11. The van der Waals surface area contributed by atoms with Crippen molar-refractivity contribution in [2.75, 3.05) is 6.61 Å². The number of ether oxygens (including phenoxy) is 1. The number of nitrogens with one attached hydrogen (secondary N) is 4. The van der Waals surface area contributed by atoms with Gasteiger partial charge in [0.2, 0.25) is 17.6 Å². The minimum Gasteiger partial charge on any atom is -0.445 e. The molecule has 1 aliphatic rings. The summed E-state index contributed by atoms with van der Waals surface area (Å²) in [6.45, 7) is 7.36. The van der Waals surface area contributed by atoms with Gasteiger partial charge in [0, 0.05) is 6.42 Å². The average molecular weight is 491 g/mol. The molecule has 4 amide bonds. The molecule has 1 fully saturated rings. The maximum absolute atomic E-state index is 13.0. The van der Waals surface area contributed by atoms with Gasteiger partial charge in [-0.05, 0) is 23.8 Å². The quantitative estimate of drug-likeness (QED) is 0.357. The normalized spacial score (nSPS) is 17.7. The van der Waals surface area contributed by atoms with Crippen LogP contribution in [0.2, 0.25) is 0 Å². The highest BCUT2D eigenvalue weighted by atomic mass is 16.7. The second kappa shape index (κ2) is 13.4. The van der Waals surface area contributed by atoms with Crippen LogP contribution in [0, 0.1) is 11.8 Å². The van der Waals surface area contributed by atoms with Gasteiger partial charge in [0.25, 0.3) is 0 Å². The summed E-state index contributed by atoms with van der Waals surface area (Å²) in [5.41, 5.74) is 2.80. The van der Waals surface area contributed by atoms with Crippen LogP contribution in [0.5, 0.6) is 0 Å². The Morgan fingerprint density at radius 1 is 1.06 bits per heavy atom. The van der Waals surface area contributed by atoms with Gasteiger partial charge in [-0.25, -0.2) is 10.3 Å². The van der Waals surface area contributed by atoms with Crippen molar-refractivity contribution >= 4 is 29.6 Å². The zero-order chi connectivity index (χ0) is 26.0. The van der Waals surface area contributed by atoms with E-state index in [9.17, 15) is 24.0 Å². The number of Topliss-reactive ketones (excluding diaryl/α,β-unsaturated/α-hetero) is 1. The third kappa shape index (κ3) is 9.01. The molecule has 0 aromatic heterocycles. The lowest BCUT2D eigenvalue weighted by molar-refractivity contribution is -0.144. The summed E-state index contributed by atoms with van der Waals surface area (Å²) in [4.78, 5) is 67.0. The largest absolute Gasteiger partial charge is 0.445 e. The molecule has 2 rings (SSSR count). The topological polar surface area (TPSA) is 152 Å². The number of carbonyl (C=O) groups is 5. The predicted octanol–water partition coefficient (Wildman–Crippen LogP) is 0.974. The van der Waals surface area contributed by atoms with Crippen LogP contribution < -0.4 is 21.4 Å². The van der Waals surface area contributed by atoms with Crippen LogP contribution in [0.4, 0.5) is 4.79 Å². The van der Waals surface area contributed by atoms with Gasteiger partial charge in [-0.3, -0.25) is 24.0 Å². The molecule has 35 heavy (non-hydrogen) atoms. The lowest BCUT2D eigenvalue weighted by atomic mass is 9.99. The van der Waals surface area contributed by atoms with Gasteiger partial charge in [0.1, 0.15) is 18.7 Å². The molecule has 0 saturated carbocycles. The van der Waals surface area contributed by atoms with Crippen molar-refractivity contribution in [1.82, 2.24) is 21.4 Å². The van der Waals surface area contributed by atoms with Crippen LogP contribution in [0.1, 0.15) is 46.1 Å². The Labute approximate surface area is 204 Å². The summed E-state index contributed by atoms with van der Waals surface area (Å²) in [6.07, 6.45) is -0.373. The smallest absolute Gasteiger partial charge is 0.408 e. The van der Waals surface area contributed by atoms with E-state index in [0.717, 1.165) is 5.56 Å². The molecule has 0 bridgehead atoms. The van der Waals surface area contributed by atoms with E-state index in [0.29, 0.717) is 0 Å². The molecule has 4 N–H and O–H groups in total. The molecule has 1 saturated heterocycles. The summed E-state index contributed by atoms with van der Waals surface area (Å²) in [7, 11) is 0. The molecule has 1 heterocycles. The highest BCUT2D eigenvalue weighted by Gasteiger charge is 2.34. The van der Waals surface area contributed by atoms with Gasteiger partial charge in [-0.2, -0.15) is 0 Å². The van der Waals surface area contributed by atoms with Crippen LogP contribution >= 0.6 is 0 Å². The maximum atomic E-state index is 13.0. The summed E-state index contributed by atoms with van der Waals surface area (Å²) in [6, 6.07) is 6.11. The average Bonchev–Trinajstić information content (AvgIpc) is 2.96. The first-order valence-electron chi connectivity index (χ1n) is 11.6. The Hall–Kier alpha value is -3.47. The van der Waals surface area contributed by atoms with Crippen molar-refractivity contribution in [1.29, 1.82) is 0 Å². The fourth-order valence-electron chi connectivity index (χ4n) is 3.43. The molecule has 3 atom stereocenters. The third-order valence-corrected chi connectivity index (χ3v) is 5.31. The molecule has 1 aliphatic heterocycles. The van der Waals surface area contributed by atoms with Gasteiger partial charge >= 0.3 is 12.0 Å². The molecule has 11 heteroatoms. The van der Waals surface area contributed by atoms with Crippen molar-refractivity contribution in [3.63, 3.8) is 0 Å². The minimum atomic E-state index is -1.07. The molecule has 0 radical (unpaired) electrons. The van der Waals surface area contributed by atoms with Crippen LogP contribution in [0.3, 0.4) is 0 Å². The lowest BCUT2D eigenvalue weighted by Crippen LogP contribution is -2.57. The SMILES string of the molecule is CC(C)CC(NC(=O)C(NC(=O)OCc1ccccc1)C(C)C)C(=O)NC1CCONC(=O)C1=O. The van der Waals surface area contributed by atoms with Gasteiger partial charge < -0.3 is 20.7 Å². The van der Waals surface area contributed by atoms with Crippen molar-refractivity contribution in [3.8, 4) is 0 Å². The van der Waals surface area contributed by atoms with Gasteiger partial charge in [-0.1, -0.05) is 58.0 Å². The van der Waals surface area contributed by atoms with Crippen LogP contribution in [0.25, 0.3) is 0 Å². The molecular weight excluding hydrogens is 456 g/mol. The van der Waals surface area contributed by atoms with Crippen LogP contribution in [-0.2, 0) is 35.4 Å². The summed E-state index contributed by atoms with van der Waals surface area (Å²) < 4.78 is 5.21. The molecular formula is C24H34N4O7. The van der Waals surface area contributed by atoms with E-state index in [4.69, 9.17) is 9.57 Å². The zero-order valence-corrected chi connectivity index (χ0v) is 20.5. The molecule has 0 spiro atoms. The summed E-state index contributed by atoms with van der Waals surface area (Å²) in [5.74, 6) is -3.21. The van der Waals surface area contributed by atoms with E-state index in [1.807, 2.05) is 49.7 Å². The van der Waals surface area contributed by atoms with E-state index in [-0.39, 0.29) is 37.9 Å². The van der Waals surface area contributed by atoms with E-state index >= 15 is 0 Å². The Morgan fingerprint density at radius 3 is 2.37 bits per heavy atom.